The number of benzene rings is 1. The molecule has 0 N–H and O–H groups in total. The molecule has 0 aliphatic carbocycles. The molecular formula is C12H11BrFNO. The second-order valence-electron chi connectivity index (χ2n) is 3.74. The van der Waals surface area contributed by atoms with E-state index in [4.69, 9.17) is 0 Å². The van der Waals surface area contributed by atoms with Crippen molar-refractivity contribution in [3.05, 3.63) is 42.2 Å². The smallest absolute Gasteiger partial charge is 0.244 e. The lowest BCUT2D eigenvalue weighted by Crippen LogP contribution is -2.42. The first-order valence-electron chi connectivity index (χ1n) is 4.98. The molecular weight excluding hydrogens is 273 g/mol. The van der Waals surface area contributed by atoms with Crippen molar-refractivity contribution in [3.8, 4) is 0 Å². The number of carbonyl (C=O) groups excluding carboxylic acids is 1. The first kappa shape index (κ1) is 11.3. The maximum atomic E-state index is 12.8. The highest BCUT2D eigenvalue weighted by Gasteiger charge is 2.29. The lowest BCUT2D eigenvalue weighted by atomic mass is 10.0. The molecule has 1 aromatic carbocycles. The maximum absolute atomic E-state index is 12.8. The number of piperidine rings is 1. The Hall–Kier alpha value is -1.16. The van der Waals surface area contributed by atoms with Gasteiger partial charge in [0.05, 0.1) is 0 Å². The highest BCUT2D eigenvalue weighted by atomic mass is 79.9. The van der Waals surface area contributed by atoms with Crippen molar-refractivity contribution < 1.29 is 9.18 Å². The van der Waals surface area contributed by atoms with Gasteiger partial charge in [-0.1, -0.05) is 28.1 Å². The zero-order valence-electron chi connectivity index (χ0n) is 8.62. The Balaban J connectivity index is 2.25. The third-order valence-electron chi connectivity index (χ3n) is 2.64. The van der Waals surface area contributed by atoms with E-state index >= 15 is 0 Å². The summed E-state index contributed by atoms with van der Waals surface area (Å²) in [5.41, 5.74) is 1.62. The van der Waals surface area contributed by atoms with Crippen LogP contribution in [0.4, 0.5) is 10.1 Å². The van der Waals surface area contributed by atoms with E-state index in [-0.39, 0.29) is 16.6 Å². The zero-order chi connectivity index (χ0) is 11.7. The molecule has 1 unspecified atom stereocenters. The highest BCUT2D eigenvalue weighted by Crippen LogP contribution is 2.27. The molecule has 1 atom stereocenters. The van der Waals surface area contributed by atoms with Gasteiger partial charge in [0.2, 0.25) is 5.91 Å². The quantitative estimate of drug-likeness (QED) is 0.573. The number of amides is 1. The minimum absolute atomic E-state index is 0.0390. The van der Waals surface area contributed by atoms with Crippen LogP contribution in [-0.4, -0.2) is 17.3 Å². The molecule has 0 saturated carbocycles. The Morgan fingerprint density at radius 1 is 1.38 bits per heavy atom. The Morgan fingerprint density at radius 3 is 2.62 bits per heavy atom. The number of halogens is 2. The van der Waals surface area contributed by atoms with Gasteiger partial charge in [0, 0.05) is 12.2 Å². The van der Waals surface area contributed by atoms with Gasteiger partial charge in [-0.05, 0) is 30.7 Å². The van der Waals surface area contributed by atoms with Crippen LogP contribution in [0.5, 0.6) is 0 Å². The molecule has 2 nitrogen and oxygen atoms in total. The van der Waals surface area contributed by atoms with Crippen LogP contribution in [0.25, 0.3) is 0 Å². The topological polar surface area (TPSA) is 20.3 Å². The number of rotatable bonds is 1. The molecule has 16 heavy (non-hydrogen) atoms. The number of anilines is 1. The van der Waals surface area contributed by atoms with E-state index in [9.17, 15) is 9.18 Å². The van der Waals surface area contributed by atoms with Gasteiger partial charge < -0.3 is 4.90 Å². The van der Waals surface area contributed by atoms with Crippen LogP contribution < -0.4 is 4.90 Å². The summed E-state index contributed by atoms with van der Waals surface area (Å²) >= 11 is 3.31. The average molecular weight is 284 g/mol. The van der Waals surface area contributed by atoms with Gasteiger partial charge in [-0.3, -0.25) is 4.79 Å². The molecule has 0 bridgehead atoms. The Bertz CT molecular complexity index is 429. The first-order valence-corrected chi connectivity index (χ1v) is 5.90. The van der Waals surface area contributed by atoms with Crippen molar-refractivity contribution in [1.29, 1.82) is 0 Å². The zero-order valence-corrected chi connectivity index (χ0v) is 10.2. The molecule has 1 aliphatic rings. The predicted octanol–water partition coefficient (Wildman–Crippen LogP) is 2.88. The van der Waals surface area contributed by atoms with Crippen molar-refractivity contribution in [3.63, 3.8) is 0 Å². The van der Waals surface area contributed by atoms with Gasteiger partial charge in [0.15, 0.2) is 0 Å². The molecule has 4 heteroatoms. The summed E-state index contributed by atoms with van der Waals surface area (Å²) in [6.07, 6.45) is 0.763. The summed E-state index contributed by atoms with van der Waals surface area (Å²) in [6.45, 7) is 4.44. The number of alkyl halides is 1. The minimum Gasteiger partial charge on any atom is -0.311 e. The van der Waals surface area contributed by atoms with Crippen LogP contribution >= 0.6 is 15.9 Å². The van der Waals surface area contributed by atoms with Crippen LogP contribution in [-0.2, 0) is 4.79 Å². The Morgan fingerprint density at radius 2 is 2.00 bits per heavy atom. The fourth-order valence-electron chi connectivity index (χ4n) is 1.68. The van der Waals surface area contributed by atoms with Crippen LogP contribution in [0, 0.1) is 5.82 Å². The Labute approximate surface area is 102 Å². The third kappa shape index (κ3) is 2.02. The molecule has 84 valence electrons. The molecule has 1 aromatic rings. The number of hydrogen-bond donors (Lipinski definition) is 0. The molecule has 0 spiro atoms. The molecule has 2 rings (SSSR count). The lowest BCUT2D eigenvalue weighted by molar-refractivity contribution is -0.117. The summed E-state index contributed by atoms with van der Waals surface area (Å²) in [4.78, 5) is 13.3. The third-order valence-corrected chi connectivity index (χ3v) is 3.68. The molecule has 1 saturated heterocycles. The van der Waals surface area contributed by atoms with Crippen molar-refractivity contribution in [1.82, 2.24) is 0 Å². The number of carbonyl (C=O) groups is 1. The van der Waals surface area contributed by atoms with Gasteiger partial charge in [-0.2, -0.15) is 0 Å². The van der Waals surface area contributed by atoms with E-state index in [2.05, 4.69) is 22.5 Å². The van der Waals surface area contributed by atoms with E-state index < -0.39 is 0 Å². The van der Waals surface area contributed by atoms with E-state index in [1.807, 2.05) is 0 Å². The molecule has 0 aromatic heterocycles. The van der Waals surface area contributed by atoms with Crippen molar-refractivity contribution in [2.75, 3.05) is 11.4 Å². The summed E-state index contributed by atoms with van der Waals surface area (Å²) < 4.78 is 12.8. The minimum atomic E-state index is -0.327. The SMILES string of the molecule is C=C1CCN(c2ccc(F)cc2)C(=O)C1Br. The fraction of sp³-hybridized carbons (Fsp3) is 0.250. The van der Waals surface area contributed by atoms with E-state index in [1.54, 1.807) is 17.0 Å². The van der Waals surface area contributed by atoms with E-state index in [0.29, 0.717) is 6.54 Å². The van der Waals surface area contributed by atoms with Crippen molar-refractivity contribution in [2.24, 2.45) is 0 Å². The van der Waals surface area contributed by atoms with Gasteiger partial charge >= 0.3 is 0 Å². The fourth-order valence-corrected chi connectivity index (χ4v) is 2.16. The summed E-state index contributed by atoms with van der Waals surface area (Å²) in [7, 11) is 0. The van der Waals surface area contributed by atoms with Crippen LogP contribution in [0.15, 0.2) is 36.4 Å². The number of nitrogens with zero attached hydrogens (tertiary/aromatic N) is 1. The molecule has 1 amide bonds. The first-order chi connectivity index (χ1) is 7.59. The van der Waals surface area contributed by atoms with Gasteiger partial charge in [-0.25, -0.2) is 4.39 Å². The lowest BCUT2D eigenvalue weighted by Gasteiger charge is -2.31. The normalized spacial score (nSPS) is 21.4. The summed E-state index contributed by atoms with van der Waals surface area (Å²) in [5, 5.41) is 0. The van der Waals surface area contributed by atoms with Crippen LogP contribution in [0.3, 0.4) is 0 Å². The largest absolute Gasteiger partial charge is 0.311 e. The molecule has 1 heterocycles. The van der Waals surface area contributed by atoms with Gasteiger partial charge in [-0.15, -0.1) is 0 Å². The predicted molar refractivity (Wildman–Crippen MR) is 65.2 cm³/mol. The van der Waals surface area contributed by atoms with E-state index in [0.717, 1.165) is 17.7 Å². The highest BCUT2D eigenvalue weighted by molar-refractivity contribution is 9.10. The van der Waals surface area contributed by atoms with Gasteiger partial charge in [0.1, 0.15) is 10.6 Å². The Kier molecular flexibility index (Phi) is 3.10. The molecule has 1 fully saturated rings. The van der Waals surface area contributed by atoms with Crippen LogP contribution in [0.1, 0.15) is 6.42 Å². The standard InChI is InChI=1S/C12H11BrFNO/c1-8-6-7-15(12(16)11(8)13)10-4-2-9(14)3-5-10/h2-5,11H,1,6-7H2. The molecule has 1 aliphatic heterocycles. The summed E-state index contributed by atoms with van der Waals surface area (Å²) in [5.74, 6) is -0.337. The van der Waals surface area contributed by atoms with Gasteiger partial charge in [0.25, 0.3) is 0 Å². The monoisotopic (exact) mass is 283 g/mol. The van der Waals surface area contributed by atoms with Crippen molar-refractivity contribution >= 4 is 27.5 Å². The van der Waals surface area contributed by atoms with Crippen LogP contribution in [0.2, 0.25) is 0 Å². The molecule has 0 radical (unpaired) electrons. The average Bonchev–Trinajstić information content (AvgIpc) is 2.28. The second kappa shape index (κ2) is 4.37. The van der Waals surface area contributed by atoms with Crippen molar-refractivity contribution in [2.45, 2.75) is 11.2 Å². The van der Waals surface area contributed by atoms with E-state index in [1.165, 1.54) is 12.1 Å². The summed E-state index contributed by atoms with van der Waals surface area (Å²) in [6, 6.07) is 5.94. The number of hydrogen-bond acceptors (Lipinski definition) is 1. The second-order valence-corrected chi connectivity index (χ2v) is 4.65. The maximum Gasteiger partial charge on any atom is 0.244 e.